The molecule has 174 valence electrons. The Kier molecular flexibility index (Phi) is 5.95. The second-order valence-electron chi connectivity index (χ2n) is 8.72. The van der Waals surface area contributed by atoms with Gasteiger partial charge in [0, 0.05) is 76.2 Å². The maximum atomic E-state index is 13.7. The summed E-state index contributed by atoms with van der Waals surface area (Å²) in [7, 11) is 3.59. The van der Waals surface area contributed by atoms with Crippen molar-refractivity contribution in [3.63, 3.8) is 0 Å². The number of thiophene rings is 1. The average Bonchev–Trinajstić information content (AvgIpc) is 3.36. The number of aromatic nitrogens is 3. The Bertz CT molecular complexity index is 1450. The highest BCUT2D eigenvalue weighted by Gasteiger charge is 2.30. The van der Waals surface area contributed by atoms with Crippen molar-refractivity contribution in [3.8, 4) is 5.69 Å². The molecule has 0 aliphatic carbocycles. The van der Waals surface area contributed by atoms with Crippen molar-refractivity contribution in [3.05, 3.63) is 97.4 Å². The number of pyridine rings is 1. The van der Waals surface area contributed by atoms with Gasteiger partial charge >= 0.3 is 0 Å². The number of benzene rings is 1. The number of nitrogens with zero attached hydrogens (tertiary/aromatic N) is 4. The summed E-state index contributed by atoms with van der Waals surface area (Å²) in [6.45, 7) is 4.43. The Morgan fingerprint density at radius 1 is 1.21 bits per heavy atom. The van der Waals surface area contributed by atoms with Crippen LogP contribution in [0.4, 0.5) is 0 Å². The molecular formula is C26H26N4O2S2. The van der Waals surface area contributed by atoms with E-state index in [1.807, 2.05) is 32.3 Å². The number of thioether (sulfide) groups is 1. The molecule has 1 aromatic carbocycles. The van der Waals surface area contributed by atoms with Crippen molar-refractivity contribution in [2.75, 3.05) is 7.05 Å². The molecule has 1 amide bonds. The number of fused-ring (bicyclic) bond motifs is 3. The number of amides is 1. The first kappa shape index (κ1) is 22.7. The van der Waals surface area contributed by atoms with Crippen molar-refractivity contribution >= 4 is 29.0 Å². The predicted molar refractivity (Wildman–Crippen MR) is 137 cm³/mol. The van der Waals surface area contributed by atoms with Gasteiger partial charge in [0.05, 0.1) is 11.9 Å². The molecule has 0 spiro atoms. The molecule has 6 nitrogen and oxygen atoms in total. The van der Waals surface area contributed by atoms with Crippen LogP contribution < -0.4 is 5.43 Å². The van der Waals surface area contributed by atoms with Crippen LogP contribution in [0.25, 0.3) is 5.69 Å². The maximum absolute atomic E-state index is 13.7. The Balaban J connectivity index is 1.66. The van der Waals surface area contributed by atoms with Gasteiger partial charge in [0.1, 0.15) is 5.56 Å². The quantitative estimate of drug-likeness (QED) is 0.408. The monoisotopic (exact) mass is 490 g/mol. The van der Waals surface area contributed by atoms with Crippen LogP contribution >= 0.6 is 23.1 Å². The molecule has 1 atom stereocenters. The number of para-hydroxylation sites is 1. The third-order valence-electron chi connectivity index (χ3n) is 6.07. The van der Waals surface area contributed by atoms with E-state index < -0.39 is 0 Å². The molecule has 5 rings (SSSR count). The van der Waals surface area contributed by atoms with Crippen LogP contribution in [0.1, 0.15) is 42.3 Å². The van der Waals surface area contributed by atoms with E-state index in [2.05, 4.69) is 40.9 Å². The number of carbonyl (C=O) groups excluding carboxylic acids is 1. The van der Waals surface area contributed by atoms with Crippen LogP contribution in [-0.4, -0.2) is 32.2 Å². The Morgan fingerprint density at radius 3 is 2.71 bits per heavy atom. The molecule has 4 aromatic rings. The molecule has 0 fully saturated rings. The molecule has 0 saturated heterocycles. The minimum atomic E-state index is -0.261. The number of hydrogen-bond acceptors (Lipinski definition) is 5. The SMILES string of the molecule is Cc1ccc(C2Cc3c(C(=O)N(C)Cc4cnn(C)c4)c(=O)cc(C)n3-c3ccccc3S2)s1. The second-order valence-corrected chi connectivity index (χ2v) is 11.3. The van der Waals surface area contributed by atoms with E-state index in [0.717, 1.165) is 27.5 Å². The van der Waals surface area contributed by atoms with Gasteiger partial charge in [0.15, 0.2) is 5.43 Å². The van der Waals surface area contributed by atoms with Gasteiger partial charge in [-0.05, 0) is 38.1 Å². The molecule has 34 heavy (non-hydrogen) atoms. The molecule has 3 aromatic heterocycles. The normalized spacial score (nSPS) is 14.9. The first-order chi connectivity index (χ1) is 16.3. The summed E-state index contributed by atoms with van der Waals surface area (Å²) in [6.07, 6.45) is 4.22. The predicted octanol–water partition coefficient (Wildman–Crippen LogP) is 4.91. The average molecular weight is 491 g/mol. The van der Waals surface area contributed by atoms with Crippen LogP contribution in [0, 0.1) is 13.8 Å². The van der Waals surface area contributed by atoms with Crippen LogP contribution in [0.2, 0.25) is 0 Å². The van der Waals surface area contributed by atoms with Crippen LogP contribution in [0.3, 0.4) is 0 Å². The molecule has 0 saturated carbocycles. The second kappa shape index (κ2) is 8.92. The third-order valence-corrected chi connectivity index (χ3v) is 8.64. The largest absolute Gasteiger partial charge is 0.337 e. The lowest BCUT2D eigenvalue weighted by Gasteiger charge is -2.22. The van der Waals surface area contributed by atoms with Gasteiger partial charge in [-0.1, -0.05) is 12.1 Å². The molecule has 1 aliphatic rings. The van der Waals surface area contributed by atoms with Crippen molar-refractivity contribution in [2.45, 2.75) is 37.0 Å². The van der Waals surface area contributed by atoms with Gasteiger partial charge < -0.3 is 9.47 Å². The van der Waals surface area contributed by atoms with E-state index in [1.165, 1.54) is 9.75 Å². The first-order valence-electron chi connectivity index (χ1n) is 11.1. The summed E-state index contributed by atoms with van der Waals surface area (Å²) in [5.41, 5.74) is 3.58. The zero-order valence-electron chi connectivity index (χ0n) is 19.6. The molecule has 8 heteroatoms. The van der Waals surface area contributed by atoms with E-state index in [4.69, 9.17) is 0 Å². The third kappa shape index (κ3) is 4.12. The fraction of sp³-hybridized carbons (Fsp3) is 0.269. The van der Waals surface area contributed by atoms with Gasteiger partial charge in [0.25, 0.3) is 5.91 Å². The lowest BCUT2D eigenvalue weighted by Crippen LogP contribution is -2.34. The highest BCUT2D eigenvalue weighted by Crippen LogP contribution is 2.46. The molecule has 0 bridgehead atoms. The van der Waals surface area contributed by atoms with E-state index >= 15 is 0 Å². The summed E-state index contributed by atoms with van der Waals surface area (Å²) in [4.78, 5) is 32.3. The molecule has 0 N–H and O–H groups in total. The number of carbonyl (C=O) groups is 1. The minimum absolute atomic E-state index is 0.116. The zero-order chi connectivity index (χ0) is 24.0. The Labute approximate surface area is 206 Å². The molecule has 1 unspecified atom stereocenters. The minimum Gasteiger partial charge on any atom is -0.337 e. The molecular weight excluding hydrogens is 464 g/mol. The first-order valence-corrected chi connectivity index (χ1v) is 12.8. The van der Waals surface area contributed by atoms with Crippen LogP contribution in [0.15, 0.2) is 64.5 Å². The lowest BCUT2D eigenvalue weighted by atomic mass is 10.0. The number of hydrogen-bond donors (Lipinski definition) is 0. The summed E-state index contributed by atoms with van der Waals surface area (Å²) in [6, 6.07) is 14.1. The highest BCUT2D eigenvalue weighted by atomic mass is 32.2. The van der Waals surface area contributed by atoms with Gasteiger partial charge in [0.2, 0.25) is 0 Å². The Morgan fingerprint density at radius 2 is 2.00 bits per heavy atom. The van der Waals surface area contributed by atoms with E-state index in [0.29, 0.717) is 13.0 Å². The lowest BCUT2D eigenvalue weighted by molar-refractivity contribution is 0.0781. The molecule has 0 radical (unpaired) electrons. The topological polar surface area (TPSA) is 60.1 Å². The number of aryl methyl sites for hydroxylation is 3. The molecule has 4 heterocycles. The fourth-order valence-corrected chi connectivity index (χ4v) is 6.87. The maximum Gasteiger partial charge on any atom is 0.259 e. The van der Waals surface area contributed by atoms with Crippen LogP contribution in [-0.2, 0) is 20.0 Å². The summed E-state index contributed by atoms with van der Waals surface area (Å²) >= 11 is 3.57. The molecule has 1 aliphatic heterocycles. The van der Waals surface area contributed by atoms with Gasteiger partial charge in [-0.3, -0.25) is 14.3 Å². The zero-order valence-corrected chi connectivity index (χ0v) is 21.2. The summed E-state index contributed by atoms with van der Waals surface area (Å²) in [5, 5.41) is 4.31. The summed E-state index contributed by atoms with van der Waals surface area (Å²) in [5.74, 6) is -0.261. The van der Waals surface area contributed by atoms with Gasteiger partial charge in [-0.2, -0.15) is 5.10 Å². The van der Waals surface area contributed by atoms with Crippen molar-refractivity contribution in [1.82, 2.24) is 19.2 Å². The van der Waals surface area contributed by atoms with E-state index in [-0.39, 0.29) is 22.1 Å². The van der Waals surface area contributed by atoms with E-state index in [1.54, 1.807) is 52.0 Å². The highest BCUT2D eigenvalue weighted by molar-refractivity contribution is 7.99. The Hall–Kier alpha value is -3.10. The van der Waals surface area contributed by atoms with E-state index in [9.17, 15) is 9.59 Å². The fourth-order valence-electron chi connectivity index (χ4n) is 4.54. The van der Waals surface area contributed by atoms with Gasteiger partial charge in [-0.15, -0.1) is 23.1 Å². The standard InChI is InChI=1S/C26H26N4O2S2/c1-16-11-21(31)25(26(32)28(3)14-18-13-27-29(4)15-18)20-12-24(23-10-9-17(2)33-23)34-22-8-6-5-7-19(22)30(16)20/h5-11,13,15,24H,12,14H2,1-4H3. The van der Waals surface area contributed by atoms with Gasteiger partial charge in [-0.25, -0.2) is 0 Å². The van der Waals surface area contributed by atoms with Crippen molar-refractivity contribution in [2.24, 2.45) is 7.05 Å². The summed E-state index contributed by atoms with van der Waals surface area (Å²) < 4.78 is 3.82. The van der Waals surface area contributed by atoms with Crippen molar-refractivity contribution < 1.29 is 4.79 Å². The number of rotatable bonds is 4. The smallest absolute Gasteiger partial charge is 0.259 e. The van der Waals surface area contributed by atoms with Crippen LogP contribution in [0.5, 0.6) is 0 Å². The van der Waals surface area contributed by atoms with Crippen molar-refractivity contribution in [1.29, 1.82) is 0 Å².